The number of carbonyl (C=O) groups excluding carboxylic acids is 2. The molecule has 0 aliphatic carbocycles. The van der Waals surface area contributed by atoms with Crippen molar-refractivity contribution in [3.05, 3.63) is 35.4 Å². The van der Waals surface area contributed by atoms with Gasteiger partial charge in [0.2, 0.25) is 11.6 Å². The number of hydrogen-bond donors (Lipinski definition) is 0. The molecule has 1 aromatic rings. The van der Waals surface area contributed by atoms with E-state index in [0.29, 0.717) is 11.1 Å². The fraction of sp³-hybridized carbons (Fsp3) is 0.500. The standard InChI is InChI=1S/C16H18O4/c1-9(2)14-15(3)12(17)10-7-5-6-8-11(10)13(18)16(4,19-14)20-15/h5-9,14H,1-4H3/t14-,15+,16-/m1/s1. The van der Waals surface area contributed by atoms with Crippen molar-refractivity contribution in [2.75, 3.05) is 0 Å². The Kier molecular flexibility index (Phi) is 2.69. The van der Waals surface area contributed by atoms with Gasteiger partial charge in [0.15, 0.2) is 11.4 Å². The molecule has 2 bridgehead atoms. The highest BCUT2D eigenvalue weighted by Gasteiger charge is 2.63. The van der Waals surface area contributed by atoms with E-state index in [9.17, 15) is 9.59 Å². The van der Waals surface area contributed by atoms with Crippen LogP contribution in [0.15, 0.2) is 24.3 Å². The van der Waals surface area contributed by atoms with E-state index in [4.69, 9.17) is 9.47 Å². The summed E-state index contributed by atoms with van der Waals surface area (Å²) in [6.45, 7) is 7.25. The first-order chi connectivity index (χ1) is 9.29. The highest BCUT2D eigenvalue weighted by molar-refractivity contribution is 6.16. The van der Waals surface area contributed by atoms with Crippen LogP contribution in [0, 0.1) is 5.92 Å². The van der Waals surface area contributed by atoms with Crippen molar-refractivity contribution in [2.45, 2.75) is 45.2 Å². The van der Waals surface area contributed by atoms with Crippen LogP contribution >= 0.6 is 0 Å². The highest BCUT2D eigenvalue weighted by atomic mass is 16.8. The van der Waals surface area contributed by atoms with E-state index in [-0.39, 0.29) is 17.5 Å². The highest BCUT2D eigenvalue weighted by Crippen LogP contribution is 2.46. The van der Waals surface area contributed by atoms with Gasteiger partial charge in [0.05, 0.1) is 0 Å². The van der Waals surface area contributed by atoms with Crippen LogP contribution < -0.4 is 0 Å². The number of ketones is 2. The van der Waals surface area contributed by atoms with Gasteiger partial charge in [-0.1, -0.05) is 38.1 Å². The molecular weight excluding hydrogens is 256 g/mol. The molecule has 2 aliphatic rings. The van der Waals surface area contributed by atoms with E-state index in [2.05, 4.69) is 0 Å². The lowest BCUT2D eigenvalue weighted by atomic mass is 9.82. The van der Waals surface area contributed by atoms with E-state index in [1.807, 2.05) is 13.8 Å². The van der Waals surface area contributed by atoms with Crippen molar-refractivity contribution in [1.82, 2.24) is 0 Å². The molecule has 0 aromatic heterocycles. The third kappa shape index (κ3) is 1.55. The summed E-state index contributed by atoms with van der Waals surface area (Å²) < 4.78 is 11.7. The average Bonchev–Trinajstić information content (AvgIpc) is 2.68. The molecule has 0 amide bonds. The Bertz CT molecular complexity index is 606. The van der Waals surface area contributed by atoms with Gasteiger partial charge in [-0.25, -0.2) is 0 Å². The van der Waals surface area contributed by atoms with Gasteiger partial charge in [0.25, 0.3) is 0 Å². The lowest BCUT2D eigenvalue weighted by Crippen LogP contribution is -2.47. The average molecular weight is 274 g/mol. The number of Topliss-reactive ketones (excluding diaryl/α,β-unsaturated/α-hetero) is 2. The molecular formula is C16H18O4. The van der Waals surface area contributed by atoms with E-state index in [0.717, 1.165) is 0 Å². The molecule has 3 rings (SSSR count). The van der Waals surface area contributed by atoms with E-state index in [1.165, 1.54) is 0 Å². The largest absolute Gasteiger partial charge is 0.336 e. The lowest BCUT2D eigenvalue weighted by molar-refractivity contribution is -0.132. The molecule has 0 unspecified atom stereocenters. The molecule has 0 radical (unpaired) electrons. The van der Waals surface area contributed by atoms with Gasteiger partial charge in [0, 0.05) is 11.1 Å². The summed E-state index contributed by atoms with van der Waals surface area (Å²) in [6.07, 6.45) is -0.433. The molecule has 3 atom stereocenters. The molecule has 2 aliphatic heterocycles. The van der Waals surface area contributed by atoms with Gasteiger partial charge in [-0.3, -0.25) is 9.59 Å². The van der Waals surface area contributed by atoms with Crippen LogP contribution in [-0.4, -0.2) is 29.1 Å². The zero-order valence-corrected chi connectivity index (χ0v) is 12.1. The zero-order chi connectivity index (χ0) is 14.7. The van der Waals surface area contributed by atoms with Gasteiger partial charge in [0.1, 0.15) is 6.10 Å². The van der Waals surface area contributed by atoms with Crippen molar-refractivity contribution in [3.63, 3.8) is 0 Å². The Hall–Kier alpha value is -1.52. The van der Waals surface area contributed by atoms with Gasteiger partial charge in [-0.15, -0.1) is 0 Å². The second kappa shape index (κ2) is 3.99. The minimum atomic E-state index is -1.38. The fourth-order valence-electron chi connectivity index (χ4n) is 3.28. The monoisotopic (exact) mass is 274 g/mol. The normalized spacial score (nSPS) is 36.1. The quantitative estimate of drug-likeness (QED) is 0.790. The molecule has 1 aromatic carbocycles. The van der Waals surface area contributed by atoms with Crippen LogP contribution in [0.3, 0.4) is 0 Å². The first-order valence-corrected chi connectivity index (χ1v) is 6.86. The van der Waals surface area contributed by atoms with Crippen LogP contribution in [0.25, 0.3) is 0 Å². The van der Waals surface area contributed by atoms with Crippen LogP contribution in [0.2, 0.25) is 0 Å². The smallest absolute Gasteiger partial charge is 0.232 e. The maximum Gasteiger partial charge on any atom is 0.232 e. The molecule has 4 nitrogen and oxygen atoms in total. The van der Waals surface area contributed by atoms with Crippen LogP contribution in [0.1, 0.15) is 48.4 Å². The van der Waals surface area contributed by atoms with Crippen molar-refractivity contribution in [1.29, 1.82) is 0 Å². The number of hydrogen-bond acceptors (Lipinski definition) is 4. The Morgan fingerprint density at radius 3 is 2.15 bits per heavy atom. The lowest BCUT2D eigenvalue weighted by Gasteiger charge is -2.29. The fourth-order valence-corrected chi connectivity index (χ4v) is 3.28. The Morgan fingerprint density at radius 1 is 1.05 bits per heavy atom. The molecule has 1 saturated heterocycles. The van der Waals surface area contributed by atoms with Crippen LogP contribution in [-0.2, 0) is 9.47 Å². The maximum absolute atomic E-state index is 12.9. The first kappa shape index (κ1) is 13.5. The molecule has 0 saturated carbocycles. The topological polar surface area (TPSA) is 52.6 Å². The number of benzene rings is 1. The van der Waals surface area contributed by atoms with Crippen LogP contribution in [0.4, 0.5) is 0 Å². The minimum absolute atomic E-state index is 0.0730. The Morgan fingerprint density at radius 2 is 1.60 bits per heavy atom. The zero-order valence-electron chi connectivity index (χ0n) is 12.1. The van der Waals surface area contributed by atoms with Gasteiger partial charge < -0.3 is 9.47 Å². The van der Waals surface area contributed by atoms with E-state index in [1.54, 1.807) is 38.1 Å². The Labute approximate surface area is 118 Å². The molecule has 4 heteroatoms. The maximum atomic E-state index is 12.9. The SMILES string of the molecule is CC(C)[C@H]1O[C@]2(C)O[C@@]1(C)C(=O)c1ccccc1C2=O. The second-order valence-corrected chi connectivity index (χ2v) is 6.14. The van der Waals surface area contributed by atoms with Crippen LogP contribution in [0.5, 0.6) is 0 Å². The molecule has 20 heavy (non-hydrogen) atoms. The summed E-state index contributed by atoms with van der Waals surface area (Å²) in [6, 6.07) is 6.85. The molecule has 106 valence electrons. The van der Waals surface area contributed by atoms with Crippen molar-refractivity contribution < 1.29 is 19.1 Å². The number of carbonyl (C=O) groups is 2. The minimum Gasteiger partial charge on any atom is -0.336 e. The summed E-state index contributed by atoms with van der Waals surface area (Å²) in [5.41, 5.74) is -0.311. The number of fused-ring (bicyclic) bond motifs is 3. The second-order valence-electron chi connectivity index (χ2n) is 6.14. The van der Waals surface area contributed by atoms with E-state index < -0.39 is 17.5 Å². The molecule has 2 heterocycles. The van der Waals surface area contributed by atoms with Crippen molar-refractivity contribution in [3.8, 4) is 0 Å². The summed E-state index contributed by atoms with van der Waals surface area (Å²) in [5, 5.41) is 0. The third-order valence-corrected chi connectivity index (χ3v) is 4.19. The van der Waals surface area contributed by atoms with E-state index >= 15 is 0 Å². The summed E-state index contributed by atoms with van der Waals surface area (Å²) >= 11 is 0. The van der Waals surface area contributed by atoms with Crippen molar-refractivity contribution >= 4 is 11.6 Å². The van der Waals surface area contributed by atoms with Gasteiger partial charge in [-0.05, 0) is 19.8 Å². The third-order valence-electron chi connectivity index (χ3n) is 4.19. The molecule has 0 N–H and O–H groups in total. The summed E-state index contributed by atoms with van der Waals surface area (Å²) in [4.78, 5) is 25.5. The number of rotatable bonds is 1. The summed E-state index contributed by atoms with van der Waals surface area (Å²) in [7, 11) is 0. The predicted octanol–water partition coefficient (Wildman–Crippen LogP) is 2.61. The van der Waals surface area contributed by atoms with Crippen molar-refractivity contribution in [2.24, 2.45) is 5.92 Å². The molecule has 0 spiro atoms. The predicted molar refractivity (Wildman–Crippen MR) is 72.7 cm³/mol. The summed E-state index contributed by atoms with van der Waals surface area (Å²) in [5.74, 6) is -1.77. The number of ether oxygens (including phenoxy) is 2. The Balaban J connectivity index is 2.25. The van der Waals surface area contributed by atoms with Gasteiger partial charge >= 0.3 is 0 Å². The molecule has 1 fully saturated rings. The van der Waals surface area contributed by atoms with Gasteiger partial charge in [-0.2, -0.15) is 0 Å². The first-order valence-electron chi connectivity index (χ1n) is 6.86.